The predicted octanol–water partition coefficient (Wildman–Crippen LogP) is 4.79. The smallest absolute Gasteiger partial charge is 0.313 e. The van der Waals surface area contributed by atoms with Crippen LogP contribution in [0.2, 0.25) is 0 Å². The van der Waals surface area contributed by atoms with E-state index in [1.54, 1.807) is 0 Å². The molecule has 0 radical (unpaired) electrons. The molecule has 1 aliphatic carbocycles. The first-order valence-electron chi connectivity index (χ1n) is 8.24. The van der Waals surface area contributed by atoms with Gasteiger partial charge in [-0.2, -0.15) is 0 Å². The van der Waals surface area contributed by atoms with E-state index in [0.29, 0.717) is 17.8 Å². The van der Waals surface area contributed by atoms with Crippen molar-refractivity contribution in [1.29, 1.82) is 0 Å². The Morgan fingerprint density at radius 1 is 1.14 bits per heavy atom. The van der Waals surface area contributed by atoms with Gasteiger partial charge < -0.3 is 4.74 Å². The zero-order valence-electron chi connectivity index (χ0n) is 13.7. The van der Waals surface area contributed by atoms with E-state index in [0.717, 1.165) is 12.0 Å². The van der Waals surface area contributed by atoms with Crippen molar-refractivity contribution in [2.24, 2.45) is 17.8 Å². The van der Waals surface area contributed by atoms with Gasteiger partial charge in [-0.1, -0.05) is 57.5 Å². The summed E-state index contributed by atoms with van der Waals surface area (Å²) in [6, 6.07) is 9.90. The maximum atomic E-state index is 12.5. The molecule has 116 valence electrons. The van der Waals surface area contributed by atoms with Crippen molar-refractivity contribution < 1.29 is 9.53 Å². The monoisotopic (exact) mass is 288 g/mol. The van der Waals surface area contributed by atoms with Crippen LogP contribution in [0.5, 0.6) is 0 Å². The van der Waals surface area contributed by atoms with E-state index in [-0.39, 0.29) is 18.0 Å². The van der Waals surface area contributed by atoms with Crippen LogP contribution in [0.4, 0.5) is 0 Å². The van der Waals surface area contributed by atoms with Crippen molar-refractivity contribution in [3.63, 3.8) is 0 Å². The number of hydrogen-bond acceptors (Lipinski definition) is 2. The van der Waals surface area contributed by atoms with Gasteiger partial charge in [0.1, 0.15) is 6.10 Å². The lowest BCUT2D eigenvalue weighted by Crippen LogP contribution is -2.36. The van der Waals surface area contributed by atoms with Crippen LogP contribution in [0.25, 0.3) is 0 Å². The molecule has 1 fully saturated rings. The Labute approximate surface area is 128 Å². The highest BCUT2D eigenvalue weighted by Gasteiger charge is 2.34. The summed E-state index contributed by atoms with van der Waals surface area (Å²) in [6.45, 7) is 8.68. The van der Waals surface area contributed by atoms with Gasteiger partial charge in [0, 0.05) is 0 Å². The zero-order valence-corrected chi connectivity index (χ0v) is 13.7. The molecule has 2 nitrogen and oxygen atoms in total. The number of rotatable bonds is 4. The van der Waals surface area contributed by atoms with Crippen LogP contribution in [0, 0.1) is 17.8 Å². The predicted molar refractivity (Wildman–Crippen MR) is 86.1 cm³/mol. The van der Waals surface area contributed by atoms with Crippen LogP contribution in [0.3, 0.4) is 0 Å². The second kappa shape index (κ2) is 7.11. The Hall–Kier alpha value is -1.31. The van der Waals surface area contributed by atoms with Gasteiger partial charge in [-0.25, -0.2) is 0 Å². The van der Waals surface area contributed by atoms with E-state index < -0.39 is 0 Å². The van der Waals surface area contributed by atoms with Gasteiger partial charge in [0.15, 0.2) is 0 Å². The van der Waals surface area contributed by atoms with Gasteiger partial charge in [-0.3, -0.25) is 4.79 Å². The van der Waals surface area contributed by atoms with Crippen molar-refractivity contribution in [2.45, 2.75) is 59.0 Å². The van der Waals surface area contributed by atoms with Gasteiger partial charge in [0.05, 0.1) is 5.92 Å². The van der Waals surface area contributed by atoms with Crippen molar-refractivity contribution in [3.05, 3.63) is 35.9 Å². The minimum absolute atomic E-state index is 0.0778. The maximum Gasteiger partial charge on any atom is 0.313 e. The van der Waals surface area contributed by atoms with Gasteiger partial charge in [0.2, 0.25) is 0 Å². The fraction of sp³-hybridized carbons (Fsp3) is 0.632. The lowest BCUT2D eigenvalue weighted by Gasteiger charge is -2.37. The van der Waals surface area contributed by atoms with E-state index in [4.69, 9.17) is 4.74 Å². The molecule has 0 N–H and O–H groups in total. The molecular weight excluding hydrogens is 260 g/mol. The van der Waals surface area contributed by atoms with Crippen molar-refractivity contribution in [2.75, 3.05) is 0 Å². The maximum absolute atomic E-state index is 12.5. The van der Waals surface area contributed by atoms with E-state index in [9.17, 15) is 4.79 Å². The van der Waals surface area contributed by atoms with Crippen molar-refractivity contribution in [3.8, 4) is 0 Å². The van der Waals surface area contributed by atoms with Crippen LogP contribution in [-0.2, 0) is 9.53 Å². The van der Waals surface area contributed by atoms with Crippen LogP contribution < -0.4 is 0 Å². The molecule has 2 rings (SSSR count). The minimum atomic E-state index is -0.184. The van der Waals surface area contributed by atoms with Crippen molar-refractivity contribution >= 4 is 5.97 Å². The third kappa shape index (κ3) is 4.09. The highest BCUT2D eigenvalue weighted by atomic mass is 16.5. The summed E-state index contributed by atoms with van der Waals surface area (Å²) < 4.78 is 5.91. The molecule has 1 aromatic rings. The molecule has 2 heteroatoms. The summed E-state index contributed by atoms with van der Waals surface area (Å²) in [5.41, 5.74) is 1.03. The molecule has 0 spiro atoms. The number of carbonyl (C=O) groups is 1. The molecule has 0 aliphatic heterocycles. The third-order valence-electron chi connectivity index (χ3n) is 4.88. The van der Waals surface area contributed by atoms with Crippen LogP contribution >= 0.6 is 0 Å². The van der Waals surface area contributed by atoms with E-state index in [1.807, 2.05) is 37.3 Å². The number of benzene rings is 1. The van der Waals surface area contributed by atoms with E-state index in [1.165, 1.54) is 12.8 Å². The molecule has 0 amide bonds. The standard InChI is InChI=1S/C19H28O2/c1-13(2)17-11-10-14(3)12-18(17)21-19(20)15(4)16-8-6-5-7-9-16/h5-9,13-15,17-18H,10-12H2,1-4H3. The quantitative estimate of drug-likeness (QED) is 0.744. The van der Waals surface area contributed by atoms with Crippen LogP contribution in [-0.4, -0.2) is 12.1 Å². The summed E-state index contributed by atoms with van der Waals surface area (Å²) in [5.74, 6) is 1.47. The lowest BCUT2D eigenvalue weighted by atomic mass is 9.75. The first-order chi connectivity index (χ1) is 9.99. The topological polar surface area (TPSA) is 26.3 Å². The molecule has 4 unspecified atom stereocenters. The fourth-order valence-corrected chi connectivity index (χ4v) is 3.38. The molecule has 4 atom stereocenters. The number of hydrogen-bond donors (Lipinski definition) is 0. The molecule has 0 bridgehead atoms. The van der Waals surface area contributed by atoms with E-state index in [2.05, 4.69) is 20.8 Å². The Kier molecular flexibility index (Phi) is 5.44. The Morgan fingerprint density at radius 2 is 1.81 bits per heavy atom. The molecule has 0 aromatic heterocycles. The molecule has 0 heterocycles. The molecule has 0 saturated heterocycles. The van der Waals surface area contributed by atoms with Gasteiger partial charge >= 0.3 is 5.97 Å². The molecule has 1 aliphatic rings. The minimum Gasteiger partial charge on any atom is -0.462 e. The Bertz CT molecular complexity index is 452. The third-order valence-corrected chi connectivity index (χ3v) is 4.88. The second-order valence-corrected chi connectivity index (χ2v) is 6.93. The fourth-order valence-electron chi connectivity index (χ4n) is 3.38. The van der Waals surface area contributed by atoms with Gasteiger partial charge in [-0.15, -0.1) is 0 Å². The van der Waals surface area contributed by atoms with Crippen LogP contribution in [0.15, 0.2) is 30.3 Å². The number of esters is 1. The average molecular weight is 288 g/mol. The normalized spacial score (nSPS) is 27.4. The lowest BCUT2D eigenvalue weighted by molar-refractivity contribution is -0.157. The van der Waals surface area contributed by atoms with Gasteiger partial charge in [-0.05, 0) is 43.1 Å². The average Bonchev–Trinajstić information content (AvgIpc) is 2.47. The molecular formula is C19H28O2. The number of ether oxygens (including phenoxy) is 1. The largest absolute Gasteiger partial charge is 0.462 e. The highest BCUT2D eigenvalue weighted by molar-refractivity contribution is 5.77. The van der Waals surface area contributed by atoms with E-state index >= 15 is 0 Å². The summed E-state index contributed by atoms with van der Waals surface area (Å²) >= 11 is 0. The second-order valence-electron chi connectivity index (χ2n) is 6.93. The number of carbonyl (C=O) groups excluding carboxylic acids is 1. The van der Waals surface area contributed by atoms with Gasteiger partial charge in [0.25, 0.3) is 0 Å². The van der Waals surface area contributed by atoms with Crippen LogP contribution in [0.1, 0.15) is 58.4 Å². The Morgan fingerprint density at radius 3 is 2.43 bits per heavy atom. The first kappa shape index (κ1) is 16.1. The summed E-state index contributed by atoms with van der Waals surface area (Å²) in [5, 5.41) is 0. The van der Waals surface area contributed by atoms with Crippen molar-refractivity contribution in [1.82, 2.24) is 0 Å². The summed E-state index contributed by atoms with van der Waals surface area (Å²) in [7, 11) is 0. The molecule has 1 aromatic carbocycles. The summed E-state index contributed by atoms with van der Waals surface area (Å²) in [6.07, 6.45) is 3.53. The molecule has 1 saturated carbocycles. The zero-order chi connectivity index (χ0) is 15.4. The first-order valence-corrected chi connectivity index (χ1v) is 8.24. The SMILES string of the molecule is CC1CCC(C(C)C)C(OC(=O)C(C)c2ccccc2)C1. The highest BCUT2D eigenvalue weighted by Crippen LogP contribution is 2.36. The Balaban J connectivity index is 2.02. The summed E-state index contributed by atoms with van der Waals surface area (Å²) in [4.78, 5) is 12.5. The molecule has 21 heavy (non-hydrogen) atoms.